The van der Waals surface area contributed by atoms with E-state index >= 15 is 0 Å². The molecule has 0 heterocycles. The molecule has 3 heteroatoms. The second-order valence-corrected chi connectivity index (χ2v) is 6.61. The Kier molecular flexibility index (Phi) is 6.37. The van der Waals surface area contributed by atoms with Crippen LogP contribution in [-0.2, 0) is 0 Å². The van der Waals surface area contributed by atoms with Crippen LogP contribution in [0.25, 0.3) is 0 Å². The number of nitrogens with one attached hydrogen (secondary N) is 1. The number of ether oxygens (including phenoxy) is 1. The van der Waals surface area contributed by atoms with Gasteiger partial charge >= 0.3 is 0 Å². The van der Waals surface area contributed by atoms with E-state index in [9.17, 15) is 0 Å². The lowest BCUT2D eigenvalue weighted by Crippen LogP contribution is -2.22. The highest BCUT2D eigenvalue weighted by atomic mass is 79.9. The SMILES string of the molecule is CCOc1ccc(Br)cc1C(CC1CCCCC1)NC. The van der Waals surface area contributed by atoms with Gasteiger partial charge in [-0.15, -0.1) is 0 Å². The van der Waals surface area contributed by atoms with Crippen LogP contribution in [0, 0.1) is 5.92 Å². The van der Waals surface area contributed by atoms with Gasteiger partial charge in [0.1, 0.15) is 5.75 Å². The van der Waals surface area contributed by atoms with Gasteiger partial charge in [-0.25, -0.2) is 0 Å². The van der Waals surface area contributed by atoms with Gasteiger partial charge in [0.05, 0.1) is 6.61 Å². The molecule has 0 spiro atoms. The molecule has 1 aliphatic carbocycles. The molecule has 2 nitrogen and oxygen atoms in total. The fourth-order valence-electron chi connectivity index (χ4n) is 3.24. The van der Waals surface area contributed by atoms with Gasteiger partial charge in [-0.1, -0.05) is 48.0 Å². The Morgan fingerprint density at radius 3 is 2.70 bits per heavy atom. The van der Waals surface area contributed by atoms with Crippen molar-refractivity contribution < 1.29 is 4.74 Å². The topological polar surface area (TPSA) is 21.3 Å². The molecule has 1 atom stereocenters. The van der Waals surface area contributed by atoms with E-state index in [1.54, 1.807) is 0 Å². The molecule has 1 saturated carbocycles. The molecule has 0 aliphatic heterocycles. The van der Waals surface area contributed by atoms with Crippen LogP contribution in [0.5, 0.6) is 5.75 Å². The van der Waals surface area contributed by atoms with Crippen molar-refractivity contribution in [1.29, 1.82) is 0 Å². The Bertz CT molecular complexity index is 415. The molecule has 1 aromatic rings. The van der Waals surface area contributed by atoms with Crippen molar-refractivity contribution in [2.24, 2.45) is 5.92 Å². The molecule has 1 unspecified atom stereocenters. The predicted octanol–water partition coefficient (Wildman–Crippen LogP) is 5.08. The number of hydrogen-bond acceptors (Lipinski definition) is 2. The summed E-state index contributed by atoms with van der Waals surface area (Å²) in [4.78, 5) is 0. The van der Waals surface area contributed by atoms with Gasteiger partial charge in [0.15, 0.2) is 0 Å². The first kappa shape index (κ1) is 15.8. The first-order valence-corrected chi connectivity index (χ1v) is 8.63. The lowest BCUT2D eigenvalue weighted by molar-refractivity contribution is 0.294. The fraction of sp³-hybridized carbons (Fsp3) is 0.647. The van der Waals surface area contributed by atoms with Crippen molar-refractivity contribution in [3.8, 4) is 5.75 Å². The van der Waals surface area contributed by atoms with Crippen molar-refractivity contribution in [3.05, 3.63) is 28.2 Å². The van der Waals surface area contributed by atoms with Crippen LogP contribution >= 0.6 is 15.9 Å². The summed E-state index contributed by atoms with van der Waals surface area (Å²) in [5.74, 6) is 1.88. The van der Waals surface area contributed by atoms with Gasteiger partial charge in [0, 0.05) is 16.1 Å². The van der Waals surface area contributed by atoms with Crippen molar-refractivity contribution >= 4 is 15.9 Å². The number of rotatable bonds is 6. The summed E-state index contributed by atoms with van der Waals surface area (Å²) in [6.07, 6.45) is 8.21. The zero-order valence-electron chi connectivity index (χ0n) is 12.6. The normalized spacial score (nSPS) is 17.9. The molecule has 1 fully saturated rings. The zero-order valence-corrected chi connectivity index (χ0v) is 14.2. The molecular weight excluding hydrogens is 314 g/mol. The molecule has 0 saturated heterocycles. The Morgan fingerprint density at radius 2 is 2.05 bits per heavy atom. The second-order valence-electron chi connectivity index (χ2n) is 5.70. The maximum Gasteiger partial charge on any atom is 0.124 e. The van der Waals surface area contributed by atoms with Gasteiger partial charge in [-0.3, -0.25) is 0 Å². The molecule has 2 rings (SSSR count). The van der Waals surface area contributed by atoms with Crippen molar-refractivity contribution in [3.63, 3.8) is 0 Å². The molecule has 0 bridgehead atoms. The van der Waals surface area contributed by atoms with Crippen molar-refractivity contribution in [2.75, 3.05) is 13.7 Å². The van der Waals surface area contributed by atoms with E-state index in [0.29, 0.717) is 12.6 Å². The minimum Gasteiger partial charge on any atom is -0.494 e. The van der Waals surface area contributed by atoms with Crippen molar-refractivity contribution in [2.45, 2.75) is 51.5 Å². The third-order valence-corrected chi connectivity index (χ3v) is 4.78. The number of benzene rings is 1. The fourth-order valence-corrected chi connectivity index (χ4v) is 3.61. The Labute approximate surface area is 131 Å². The average Bonchev–Trinajstić information content (AvgIpc) is 2.48. The van der Waals surface area contributed by atoms with E-state index < -0.39 is 0 Å². The highest BCUT2D eigenvalue weighted by Crippen LogP contribution is 2.36. The molecule has 20 heavy (non-hydrogen) atoms. The molecule has 0 aromatic heterocycles. The highest BCUT2D eigenvalue weighted by Gasteiger charge is 2.21. The standard InChI is InChI=1S/C17H26BrNO/c1-3-20-17-10-9-14(18)12-15(17)16(19-2)11-13-7-5-4-6-8-13/h9-10,12-13,16,19H,3-8,11H2,1-2H3. The predicted molar refractivity (Wildman–Crippen MR) is 88.3 cm³/mol. The summed E-state index contributed by atoms with van der Waals surface area (Å²) in [6, 6.07) is 6.72. The van der Waals surface area contributed by atoms with Crippen LogP contribution in [0.4, 0.5) is 0 Å². The van der Waals surface area contributed by atoms with E-state index in [1.807, 2.05) is 6.92 Å². The van der Waals surface area contributed by atoms with Gasteiger partial charge in [-0.2, -0.15) is 0 Å². The summed E-state index contributed by atoms with van der Waals surface area (Å²) in [5.41, 5.74) is 1.29. The molecular formula is C17H26BrNO. The van der Waals surface area contributed by atoms with E-state index in [4.69, 9.17) is 4.74 Å². The maximum absolute atomic E-state index is 5.80. The van der Waals surface area contributed by atoms with Crippen LogP contribution in [0.3, 0.4) is 0 Å². The van der Waals surface area contributed by atoms with Gasteiger partial charge < -0.3 is 10.1 Å². The Hall–Kier alpha value is -0.540. The lowest BCUT2D eigenvalue weighted by Gasteiger charge is -2.27. The van der Waals surface area contributed by atoms with Crippen LogP contribution in [0.1, 0.15) is 57.1 Å². The third kappa shape index (κ3) is 4.23. The summed E-state index contributed by atoms with van der Waals surface area (Å²) >= 11 is 3.59. The first-order valence-electron chi connectivity index (χ1n) is 7.84. The summed E-state index contributed by atoms with van der Waals surface area (Å²) in [5, 5.41) is 3.49. The quantitative estimate of drug-likeness (QED) is 0.780. The third-order valence-electron chi connectivity index (χ3n) is 4.29. The minimum absolute atomic E-state index is 0.386. The van der Waals surface area contributed by atoms with Crippen LogP contribution < -0.4 is 10.1 Å². The van der Waals surface area contributed by atoms with Crippen LogP contribution in [0.15, 0.2) is 22.7 Å². The van der Waals surface area contributed by atoms with E-state index in [2.05, 4.69) is 46.5 Å². The van der Waals surface area contributed by atoms with Gasteiger partial charge in [0.2, 0.25) is 0 Å². The Morgan fingerprint density at radius 1 is 1.30 bits per heavy atom. The van der Waals surface area contributed by atoms with E-state index in [-0.39, 0.29) is 0 Å². The van der Waals surface area contributed by atoms with Gasteiger partial charge in [0.25, 0.3) is 0 Å². The van der Waals surface area contributed by atoms with E-state index in [0.717, 1.165) is 16.1 Å². The number of hydrogen-bond donors (Lipinski definition) is 1. The van der Waals surface area contributed by atoms with Crippen molar-refractivity contribution in [1.82, 2.24) is 5.32 Å². The lowest BCUT2D eigenvalue weighted by atomic mass is 9.83. The van der Waals surface area contributed by atoms with Crippen LogP contribution in [0.2, 0.25) is 0 Å². The smallest absolute Gasteiger partial charge is 0.124 e. The highest BCUT2D eigenvalue weighted by molar-refractivity contribution is 9.10. The second kappa shape index (κ2) is 8.04. The molecule has 112 valence electrons. The molecule has 0 radical (unpaired) electrons. The first-order chi connectivity index (χ1) is 9.74. The van der Waals surface area contributed by atoms with Crippen LogP contribution in [-0.4, -0.2) is 13.7 Å². The molecule has 0 amide bonds. The van der Waals surface area contributed by atoms with E-state index in [1.165, 1.54) is 44.1 Å². The Balaban J connectivity index is 2.14. The summed E-state index contributed by atoms with van der Waals surface area (Å²) in [7, 11) is 2.06. The zero-order chi connectivity index (χ0) is 14.4. The largest absolute Gasteiger partial charge is 0.494 e. The van der Waals surface area contributed by atoms with Gasteiger partial charge in [-0.05, 0) is 44.5 Å². The summed E-state index contributed by atoms with van der Waals surface area (Å²) in [6.45, 7) is 2.76. The summed E-state index contributed by atoms with van der Waals surface area (Å²) < 4.78 is 6.93. The number of halogens is 1. The molecule has 1 N–H and O–H groups in total. The maximum atomic E-state index is 5.80. The average molecular weight is 340 g/mol. The monoisotopic (exact) mass is 339 g/mol. The minimum atomic E-state index is 0.386. The molecule has 1 aliphatic rings. The molecule has 1 aromatic carbocycles.